The summed E-state index contributed by atoms with van der Waals surface area (Å²) in [7, 11) is 0. The highest BCUT2D eigenvalue weighted by Gasteiger charge is 2.70. The number of carbonyl (C=O) groups excluding carboxylic acids is 2. The smallest absolute Gasteiger partial charge is 0.303 e. The minimum atomic E-state index is -0.839. The lowest BCUT2D eigenvalue weighted by molar-refractivity contribution is -0.156. The molecule has 1 saturated carbocycles. The Labute approximate surface area is 152 Å². The molecule has 1 unspecified atom stereocenters. The molecule has 0 bridgehead atoms. The van der Waals surface area contributed by atoms with Crippen LogP contribution >= 0.6 is 12.2 Å². The molecule has 0 radical (unpaired) electrons. The number of anilines is 1. The molecule has 3 heterocycles. The monoisotopic (exact) mass is 379 g/mol. The topological polar surface area (TPSA) is 134 Å². The molecule has 10 nitrogen and oxygen atoms in total. The summed E-state index contributed by atoms with van der Waals surface area (Å²) in [6.07, 6.45) is 0.940. The quantitative estimate of drug-likeness (QED) is 0.591. The number of nitrogens with one attached hydrogen (secondary N) is 1. The molecule has 1 saturated heterocycles. The van der Waals surface area contributed by atoms with E-state index in [-0.39, 0.29) is 10.6 Å². The first-order valence-electron chi connectivity index (χ1n) is 8.05. The Morgan fingerprint density at radius 1 is 1.38 bits per heavy atom. The van der Waals surface area contributed by atoms with Crippen molar-refractivity contribution in [3.8, 4) is 0 Å². The molecule has 4 atom stereocenters. The molecule has 4 rings (SSSR count). The predicted molar refractivity (Wildman–Crippen MR) is 90.3 cm³/mol. The third kappa shape index (κ3) is 2.63. The second kappa shape index (κ2) is 5.74. The molecule has 1 spiro atoms. The molecule has 2 aromatic rings. The minimum Gasteiger partial charge on any atom is -0.459 e. The van der Waals surface area contributed by atoms with E-state index in [1.54, 1.807) is 10.9 Å². The first-order chi connectivity index (χ1) is 12.3. The van der Waals surface area contributed by atoms with Crippen LogP contribution in [-0.2, 0) is 23.8 Å². The van der Waals surface area contributed by atoms with Crippen molar-refractivity contribution in [3.63, 3.8) is 0 Å². The molecule has 138 valence electrons. The number of nitrogens with two attached hydrogens (primary N) is 1. The zero-order chi connectivity index (χ0) is 18.6. The van der Waals surface area contributed by atoms with Crippen molar-refractivity contribution in [2.75, 3.05) is 5.73 Å². The zero-order valence-electron chi connectivity index (χ0n) is 14.1. The number of ether oxygens (including phenoxy) is 3. The maximum Gasteiger partial charge on any atom is 0.303 e. The number of H-pyrrole nitrogens is 1. The average Bonchev–Trinajstić information content (AvgIpc) is 2.87. The summed E-state index contributed by atoms with van der Waals surface area (Å²) in [5, 5.41) is 0. The molecular formula is C15H17N5O5S. The van der Waals surface area contributed by atoms with E-state index in [2.05, 4.69) is 15.0 Å². The number of esters is 2. The summed E-state index contributed by atoms with van der Waals surface area (Å²) >= 11 is 5.18. The van der Waals surface area contributed by atoms with Crippen LogP contribution in [0.4, 0.5) is 5.95 Å². The summed E-state index contributed by atoms with van der Waals surface area (Å²) in [5.41, 5.74) is 5.97. The highest BCUT2D eigenvalue weighted by Crippen LogP contribution is 2.55. The van der Waals surface area contributed by atoms with Crippen LogP contribution in [0.3, 0.4) is 0 Å². The average molecular weight is 379 g/mol. The summed E-state index contributed by atoms with van der Waals surface area (Å²) in [5.74, 6) is -0.662. The first kappa shape index (κ1) is 16.9. The SMILES string of the molecule is CC(=O)O[C@H]1CC(n2cnc3c(=S)nc(N)[nH]c32)O[C@]12C[C@H]2OC(C)=O. The first-order valence-corrected chi connectivity index (χ1v) is 8.45. The van der Waals surface area contributed by atoms with Crippen LogP contribution in [0.15, 0.2) is 6.33 Å². The molecule has 3 N–H and O–H groups in total. The molecule has 1 aliphatic carbocycles. The van der Waals surface area contributed by atoms with Gasteiger partial charge in [0.1, 0.15) is 35.2 Å². The van der Waals surface area contributed by atoms with E-state index in [1.165, 1.54) is 13.8 Å². The maximum absolute atomic E-state index is 11.5. The molecule has 0 aromatic carbocycles. The zero-order valence-corrected chi connectivity index (χ0v) is 14.9. The third-order valence-electron chi connectivity index (χ3n) is 4.60. The van der Waals surface area contributed by atoms with Gasteiger partial charge in [0.2, 0.25) is 0 Å². The number of rotatable bonds is 3. The van der Waals surface area contributed by atoms with Gasteiger partial charge >= 0.3 is 11.9 Å². The molecule has 2 fully saturated rings. The lowest BCUT2D eigenvalue weighted by Gasteiger charge is -2.18. The number of nitrogen functional groups attached to an aromatic ring is 1. The van der Waals surface area contributed by atoms with Gasteiger partial charge in [-0.15, -0.1) is 0 Å². The number of nitrogens with zero attached hydrogens (tertiary/aromatic N) is 3. The highest BCUT2D eigenvalue weighted by molar-refractivity contribution is 7.71. The Hall–Kier alpha value is -2.53. The van der Waals surface area contributed by atoms with E-state index in [4.69, 9.17) is 32.2 Å². The highest BCUT2D eigenvalue weighted by atomic mass is 32.1. The van der Waals surface area contributed by atoms with Crippen molar-refractivity contribution in [2.45, 2.75) is 50.7 Å². The molecule has 26 heavy (non-hydrogen) atoms. The number of hydrogen-bond acceptors (Lipinski definition) is 9. The van der Waals surface area contributed by atoms with Crippen LogP contribution in [0.1, 0.15) is 32.9 Å². The summed E-state index contributed by atoms with van der Waals surface area (Å²) < 4.78 is 18.9. The number of aromatic nitrogens is 4. The van der Waals surface area contributed by atoms with Crippen LogP contribution < -0.4 is 5.73 Å². The van der Waals surface area contributed by atoms with Gasteiger partial charge in [0.05, 0.1) is 6.33 Å². The van der Waals surface area contributed by atoms with E-state index >= 15 is 0 Å². The van der Waals surface area contributed by atoms with Crippen molar-refractivity contribution in [1.82, 2.24) is 19.5 Å². The number of imidazole rings is 1. The standard InChI is InChI=1S/C15H17N5O5S/c1-6(21)23-8-3-10(25-15(8)4-9(15)24-7(2)22)20-5-17-11-12(20)18-14(16)19-13(11)26/h5,8-10H,3-4H2,1-2H3,(H3,16,18,19,26)/t8-,9+,10?,15+/m0/s1. The van der Waals surface area contributed by atoms with Gasteiger partial charge in [0, 0.05) is 26.7 Å². The fourth-order valence-electron chi connectivity index (χ4n) is 3.49. The van der Waals surface area contributed by atoms with E-state index in [1.807, 2.05) is 0 Å². The van der Waals surface area contributed by atoms with Crippen LogP contribution in [0.5, 0.6) is 0 Å². The molecule has 0 amide bonds. The van der Waals surface area contributed by atoms with Crippen molar-refractivity contribution in [2.24, 2.45) is 0 Å². The van der Waals surface area contributed by atoms with Crippen molar-refractivity contribution in [1.29, 1.82) is 0 Å². The minimum absolute atomic E-state index is 0.165. The van der Waals surface area contributed by atoms with E-state index < -0.39 is 36.0 Å². The fourth-order valence-corrected chi connectivity index (χ4v) is 3.73. The van der Waals surface area contributed by atoms with Crippen LogP contribution in [-0.4, -0.2) is 49.3 Å². The Kier molecular flexibility index (Phi) is 3.74. The summed E-state index contributed by atoms with van der Waals surface area (Å²) in [6, 6.07) is 0. The molecule has 11 heteroatoms. The maximum atomic E-state index is 11.5. The summed E-state index contributed by atoms with van der Waals surface area (Å²) in [6.45, 7) is 2.67. The lowest BCUT2D eigenvalue weighted by atomic mass is 10.1. The van der Waals surface area contributed by atoms with Gasteiger partial charge < -0.3 is 24.9 Å². The van der Waals surface area contributed by atoms with E-state index in [0.29, 0.717) is 24.0 Å². The summed E-state index contributed by atoms with van der Waals surface area (Å²) in [4.78, 5) is 33.9. The van der Waals surface area contributed by atoms with Crippen molar-refractivity contribution in [3.05, 3.63) is 11.0 Å². The largest absolute Gasteiger partial charge is 0.459 e. The predicted octanol–water partition coefficient (Wildman–Crippen LogP) is 0.996. The van der Waals surface area contributed by atoms with Crippen molar-refractivity contribution < 1.29 is 23.8 Å². The number of hydrogen-bond donors (Lipinski definition) is 2. The molecule has 2 aromatic heterocycles. The molecule has 1 aliphatic heterocycles. The number of aromatic amines is 1. The lowest BCUT2D eigenvalue weighted by Crippen LogP contribution is -2.32. The van der Waals surface area contributed by atoms with Crippen LogP contribution in [0.25, 0.3) is 11.2 Å². The van der Waals surface area contributed by atoms with Gasteiger partial charge in [-0.05, 0) is 0 Å². The normalized spacial score (nSPS) is 29.8. The third-order valence-corrected chi connectivity index (χ3v) is 4.88. The van der Waals surface area contributed by atoms with Gasteiger partial charge in [-0.3, -0.25) is 14.2 Å². The van der Waals surface area contributed by atoms with Gasteiger partial charge in [0.25, 0.3) is 0 Å². The Balaban J connectivity index is 1.68. The second-order valence-electron chi connectivity index (χ2n) is 6.44. The Bertz CT molecular complexity index is 971. The Morgan fingerprint density at radius 2 is 2.08 bits per heavy atom. The van der Waals surface area contributed by atoms with Gasteiger partial charge in [-0.1, -0.05) is 12.2 Å². The van der Waals surface area contributed by atoms with E-state index in [9.17, 15) is 9.59 Å². The van der Waals surface area contributed by atoms with Gasteiger partial charge in [-0.25, -0.2) is 9.97 Å². The van der Waals surface area contributed by atoms with E-state index in [0.717, 1.165) is 0 Å². The van der Waals surface area contributed by atoms with Gasteiger partial charge in [0.15, 0.2) is 10.6 Å². The van der Waals surface area contributed by atoms with Crippen molar-refractivity contribution >= 4 is 41.3 Å². The molecular weight excluding hydrogens is 362 g/mol. The van der Waals surface area contributed by atoms with Crippen LogP contribution in [0, 0.1) is 4.64 Å². The molecule has 2 aliphatic rings. The Morgan fingerprint density at radius 3 is 2.77 bits per heavy atom. The number of carbonyl (C=O) groups is 2. The van der Waals surface area contributed by atoms with Crippen LogP contribution in [0.2, 0.25) is 0 Å². The van der Waals surface area contributed by atoms with Gasteiger partial charge in [-0.2, -0.15) is 0 Å². The fraction of sp³-hybridized carbons (Fsp3) is 0.533. The second-order valence-corrected chi connectivity index (χ2v) is 6.83. The number of fused-ring (bicyclic) bond motifs is 1.